The maximum atomic E-state index is 11.8. The molecule has 1 aromatic carbocycles. The number of hydrogen-bond acceptors (Lipinski definition) is 2. The number of rotatable bonds is 5. The largest absolute Gasteiger partial charge is 0.492 e. The number of nitrogens with one attached hydrogen (secondary N) is 1. The summed E-state index contributed by atoms with van der Waals surface area (Å²) in [5.41, 5.74) is 0.554. The Hall–Kier alpha value is -1.22. The minimum absolute atomic E-state index is 0.107. The molecule has 94 valence electrons. The first-order valence-electron chi connectivity index (χ1n) is 5.81. The molecule has 0 bridgehead atoms. The van der Waals surface area contributed by atoms with Crippen LogP contribution < -0.4 is 10.1 Å². The Morgan fingerprint density at radius 3 is 2.71 bits per heavy atom. The van der Waals surface area contributed by atoms with E-state index in [1.54, 1.807) is 18.2 Å². The fourth-order valence-corrected chi connectivity index (χ4v) is 1.56. The lowest BCUT2D eigenvalue weighted by atomic mass is 10.2. The average molecular weight is 256 g/mol. The summed E-state index contributed by atoms with van der Waals surface area (Å²) in [6, 6.07) is 5.23. The van der Waals surface area contributed by atoms with Crippen LogP contribution in [0.2, 0.25) is 5.02 Å². The Balaban J connectivity index is 2.79. The normalized spacial score (nSPS) is 12.0. The molecule has 1 N–H and O–H groups in total. The number of benzene rings is 1. The smallest absolute Gasteiger partial charge is 0.251 e. The van der Waals surface area contributed by atoms with Crippen LogP contribution in [0.5, 0.6) is 5.75 Å². The summed E-state index contributed by atoms with van der Waals surface area (Å²) in [7, 11) is 0. The SMILES string of the molecule is CCOc1ccc(C(=O)N[C@@H](C)CC)cc1Cl. The molecule has 1 amide bonds. The second kappa shape index (κ2) is 6.50. The van der Waals surface area contributed by atoms with Gasteiger partial charge in [0, 0.05) is 11.6 Å². The lowest BCUT2D eigenvalue weighted by molar-refractivity contribution is 0.0939. The van der Waals surface area contributed by atoms with Crippen LogP contribution in [0.4, 0.5) is 0 Å². The van der Waals surface area contributed by atoms with Gasteiger partial charge in [-0.1, -0.05) is 18.5 Å². The predicted octanol–water partition coefficient (Wildman–Crippen LogP) is 3.27. The molecule has 0 unspecified atom stereocenters. The molecule has 1 rings (SSSR count). The van der Waals surface area contributed by atoms with E-state index in [-0.39, 0.29) is 11.9 Å². The molecule has 0 fully saturated rings. The van der Waals surface area contributed by atoms with Crippen LogP contribution >= 0.6 is 11.6 Å². The number of ether oxygens (including phenoxy) is 1. The van der Waals surface area contributed by atoms with Crippen molar-refractivity contribution in [1.82, 2.24) is 5.32 Å². The molecular weight excluding hydrogens is 238 g/mol. The van der Waals surface area contributed by atoms with E-state index in [9.17, 15) is 4.79 Å². The van der Waals surface area contributed by atoms with Crippen molar-refractivity contribution in [2.75, 3.05) is 6.61 Å². The Morgan fingerprint density at radius 1 is 1.47 bits per heavy atom. The highest BCUT2D eigenvalue weighted by Crippen LogP contribution is 2.25. The van der Waals surface area contributed by atoms with Crippen LogP contribution in [0.3, 0.4) is 0 Å². The van der Waals surface area contributed by atoms with Gasteiger partial charge in [-0.3, -0.25) is 4.79 Å². The first-order valence-corrected chi connectivity index (χ1v) is 6.19. The molecule has 1 atom stereocenters. The molecule has 0 radical (unpaired) electrons. The van der Waals surface area contributed by atoms with E-state index in [0.29, 0.717) is 22.9 Å². The van der Waals surface area contributed by atoms with Gasteiger partial charge in [0.25, 0.3) is 5.91 Å². The van der Waals surface area contributed by atoms with Gasteiger partial charge in [0.1, 0.15) is 5.75 Å². The van der Waals surface area contributed by atoms with Crippen LogP contribution in [0.25, 0.3) is 0 Å². The Bertz CT molecular complexity index is 393. The van der Waals surface area contributed by atoms with E-state index in [1.165, 1.54) is 0 Å². The van der Waals surface area contributed by atoms with Crippen molar-refractivity contribution in [2.45, 2.75) is 33.2 Å². The molecular formula is C13H18ClNO2. The number of amides is 1. The van der Waals surface area contributed by atoms with Gasteiger partial charge in [0.2, 0.25) is 0 Å². The summed E-state index contributed by atoms with van der Waals surface area (Å²) >= 11 is 6.02. The molecule has 17 heavy (non-hydrogen) atoms. The molecule has 1 aromatic rings. The van der Waals surface area contributed by atoms with Crippen molar-refractivity contribution >= 4 is 17.5 Å². The molecule has 0 heterocycles. The highest BCUT2D eigenvalue weighted by atomic mass is 35.5. The topological polar surface area (TPSA) is 38.3 Å². The number of halogens is 1. The van der Waals surface area contributed by atoms with E-state index >= 15 is 0 Å². The van der Waals surface area contributed by atoms with Gasteiger partial charge < -0.3 is 10.1 Å². The average Bonchev–Trinajstić information content (AvgIpc) is 2.31. The summed E-state index contributed by atoms with van der Waals surface area (Å²) in [5.74, 6) is 0.499. The fourth-order valence-electron chi connectivity index (χ4n) is 1.32. The predicted molar refractivity (Wildman–Crippen MR) is 69.8 cm³/mol. The van der Waals surface area contributed by atoms with Gasteiger partial charge in [-0.25, -0.2) is 0 Å². The molecule has 4 heteroatoms. The molecule has 3 nitrogen and oxygen atoms in total. The third-order valence-electron chi connectivity index (χ3n) is 2.48. The van der Waals surface area contributed by atoms with Gasteiger partial charge in [-0.15, -0.1) is 0 Å². The third-order valence-corrected chi connectivity index (χ3v) is 2.78. The highest BCUT2D eigenvalue weighted by Gasteiger charge is 2.10. The Labute approximate surface area is 107 Å². The highest BCUT2D eigenvalue weighted by molar-refractivity contribution is 6.32. The van der Waals surface area contributed by atoms with Crippen molar-refractivity contribution < 1.29 is 9.53 Å². The maximum absolute atomic E-state index is 11.8. The van der Waals surface area contributed by atoms with Crippen LogP contribution in [-0.2, 0) is 0 Å². The van der Waals surface area contributed by atoms with Gasteiger partial charge in [-0.05, 0) is 38.5 Å². The standard InChI is InChI=1S/C13H18ClNO2/c1-4-9(3)15-13(16)10-6-7-12(17-5-2)11(14)8-10/h6-9H,4-5H2,1-3H3,(H,15,16)/t9-/m0/s1. The van der Waals surface area contributed by atoms with Gasteiger partial charge in [0.05, 0.1) is 11.6 Å². The second-order valence-electron chi connectivity index (χ2n) is 3.86. The van der Waals surface area contributed by atoms with E-state index in [1.807, 2.05) is 20.8 Å². The molecule has 0 saturated carbocycles. The van der Waals surface area contributed by atoms with Crippen LogP contribution in [0.15, 0.2) is 18.2 Å². The van der Waals surface area contributed by atoms with Crippen LogP contribution in [0.1, 0.15) is 37.6 Å². The summed E-state index contributed by atoms with van der Waals surface area (Å²) < 4.78 is 5.31. The lowest BCUT2D eigenvalue weighted by Crippen LogP contribution is -2.31. The van der Waals surface area contributed by atoms with E-state index in [2.05, 4.69) is 5.32 Å². The van der Waals surface area contributed by atoms with Gasteiger partial charge in [-0.2, -0.15) is 0 Å². The fraction of sp³-hybridized carbons (Fsp3) is 0.462. The van der Waals surface area contributed by atoms with Gasteiger partial charge >= 0.3 is 0 Å². The summed E-state index contributed by atoms with van der Waals surface area (Å²) in [5, 5.41) is 3.35. The quantitative estimate of drug-likeness (QED) is 0.877. The zero-order valence-electron chi connectivity index (χ0n) is 10.4. The first-order chi connectivity index (χ1) is 8.08. The Kier molecular flexibility index (Phi) is 5.29. The Morgan fingerprint density at radius 2 is 2.18 bits per heavy atom. The number of carbonyl (C=O) groups is 1. The van der Waals surface area contributed by atoms with E-state index < -0.39 is 0 Å². The molecule has 0 aliphatic heterocycles. The minimum atomic E-state index is -0.107. The lowest BCUT2D eigenvalue weighted by Gasteiger charge is -2.12. The van der Waals surface area contributed by atoms with Crippen molar-refractivity contribution in [3.8, 4) is 5.75 Å². The summed E-state index contributed by atoms with van der Waals surface area (Å²) in [6.07, 6.45) is 0.899. The zero-order chi connectivity index (χ0) is 12.8. The van der Waals surface area contributed by atoms with Crippen LogP contribution in [0, 0.1) is 0 Å². The zero-order valence-corrected chi connectivity index (χ0v) is 11.2. The molecule has 0 spiro atoms. The summed E-state index contributed by atoms with van der Waals surface area (Å²) in [6.45, 7) is 6.43. The van der Waals surface area contributed by atoms with Crippen molar-refractivity contribution in [3.05, 3.63) is 28.8 Å². The monoisotopic (exact) mass is 255 g/mol. The van der Waals surface area contributed by atoms with Crippen molar-refractivity contribution in [1.29, 1.82) is 0 Å². The first kappa shape index (κ1) is 13.8. The number of carbonyl (C=O) groups excluding carboxylic acids is 1. The molecule has 0 aliphatic carbocycles. The van der Waals surface area contributed by atoms with E-state index in [0.717, 1.165) is 6.42 Å². The van der Waals surface area contributed by atoms with Crippen molar-refractivity contribution in [2.24, 2.45) is 0 Å². The second-order valence-corrected chi connectivity index (χ2v) is 4.27. The van der Waals surface area contributed by atoms with Crippen molar-refractivity contribution in [3.63, 3.8) is 0 Å². The molecule has 0 aliphatic rings. The summed E-state index contributed by atoms with van der Waals surface area (Å²) in [4.78, 5) is 11.8. The van der Waals surface area contributed by atoms with Gasteiger partial charge in [0.15, 0.2) is 0 Å². The minimum Gasteiger partial charge on any atom is -0.492 e. The third kappa shape index (κ3) is 3.93. The van der Waals surface area contributed by atoms with Crippen LogP contribution in [-0.4, -0.2) is 18.6 Å². The maximum Gasteiger partial charge on any atom is 0.251 e. The molecule has 0 saturated heterocycles. The number of hydrogen-bond donors (Lipinski definition) is 1. The molecule has 0 aromatic heterocycles. The van der Waals surface area contributed by atoms with E-state index in [4.69, 9.17) is 16.3 Å².